The van der Waals surface area contributed by atoms with Crippen LogP contribution in [0.5, 0.6) is 0 Å². The first-order valence-electron chi connectivity index (χ1n) is 5.00. The molecule has 0 saturated heterocycles. The van der Waals surface area contributed by atoms with E-state index in [0.29, 0.717) is 6.07 Å². The van der Waals surface area contributed by atoms with Crippen LogP contribution < -0.4 is 0 Å². The number of pyridine rings is 1. The minimum Gasteiger partial charge on any atom is -0.358 e. The SMILES string of the molecule is O=[N+]([O-])c1cnc(-n2cc(Br)c([N+](=O)[O-])n2)c([N+](=O)[O-])c1. The van der Waals surface area contributed by atoms with Gasteiger partial charge in [0.05, 0.1) is 27.2 Å². The first kappa shape index (κ1) is 14.4. The molecule has 0 bridgehead atoms. The highest BCUT2D eigenvalue weighted by molar-refractivity contribution is 9.10. The Morgan fingerprint density at radius 3 is 2.24 bits per heavy atom. The highest BCUT2D eigenvalue weighted by Crippen LogP contribution is 2.29. The van der Waals surface area contributed by atoms with Gasteiger partial charge in [0.1, 0.15) is 10.7 Å². The lowest BCUT2D eigenvalue weighted by Crippen LogP contribution is -2.05. The molecule has 12 nitrogen and oxygen atoms in total. The summed E-state index contributed by atoms with van der Waals surface area (Å²) in [6.45, 7) is 0. The van der Waals surface area contributed by atoms with E-state index in [1.165, 1.54) is 0 Å². The van der Waals surface area contributed by atoms with Crippen molar-refractivity contribution in [1.29, 1.82) is 0 Å². The van der Waals surface area contributed by atoms with Crippen LogP contribution in [0.25, 0.3) is 5.82 Å². The molecule has 2 rings (SSSR count). The number of nitro groups is 3. The molecule has 0 fully saturated rings. The summed E-state index contributed by atoms with van der Waals surface area (Å²) in [5.41, 5.74) is -1.28. The second kappa shape index (κ2) is 5.20. The van der Waals surface area contributed by atoms with E-state index in [1.807, 2.05) is 0 Å². The number of aromatic nitrogens is 3. The minimum atomic E-state index is -0.892. The molecule has 0 unspecified atom stereocenters. The van der Waals surface area contributed by atoms with Crippen LogP contribution in [0.3, 0.4) is 0 Å². The highest BCUT2D eigenvalue weighted by atomic mass is 79.9. The Balaban J connectivity index is 2.63. The Bertz CT molecular complexity index is 773. The number of nitrogens with zero attached hydrogens (tertiary/aromatic N) is 6. The zero-order chi connectivity index (χ0) is 15.7. The molecule has 2 heterocycles. The third kappa shape index (κ3) is 2.66. The van der Waals surface area contributed by atoms with Gasteiger partial charge < -0.3 is 10.1 Å². The van der Waals surface area contributed by atoms with E-state index in [-0.39, 0.29) is 10.3 Å². The third-order valence-electron chi connectivity index (χ3n) is 2.28. The minimum absolute atomic E-state index is 0.0121. The number of rotatable bonds is 4. The summed E-state index contributed by atoms with van der Waals surface area (Å²) in [6, 6.07) is 0.698. The molecule has 2 aromatic heterocycles. The van der Waals surface area contributed by atoms with Gasteiger partial charge in [-0.2, -0.15) is 0 Å². The summed E-state index contributed by atoms with van der Waals surface area (Å²) < 4.78 is 0.784. The van der Waals surface area contributed by atoms with Crippen LogP contribution in [0.15, 0.2) is 22.9 Å². The van der Waals surface area contributed by atoms with Gasteiger partial charge in [0.2, 0.25) is 0 Å². The molecule has 0 amide bonds. The molecule has 21 heavy (non-hydrogen) atoms. The van der Waals surface area contributed by atoms with Gasteiger partial charge in [-0.25, -0.2) is 4.98 Å². The van der Waals surface area contributed by atoms with Crippen molar-refractivity contribution in [2.75, 3.05) is 0 Å². The van der Waals surface area contributed by atoms with E-state index in [9.17, 15) is 30.3 Å². The van der Waals surface area contributed by atoms with Crippen molar-refractivity contribution < 1.29 is 14.8 Å². The van der Waals surface area contributed by atoms with Crippen LogP contribution in [0, 0.1) is 30.3 Å². The topological polar surface area (TPSA) is 160 Å². The van der Waals surface area contributed by atoms with Crippen molar-refractivity contribution in [3.8, 4) is 5.82 Å². The van der Waals surface area contributed by atoms with Crippen molar-refractivity contribution in [2.45, 2.75) is 0 Å². The third-order valence-corrected chi connectivity index (χ3v) is 2.84. The Kier molecular flexibility index (Phi) is 3.58. The van der Waals surface area contributed by atoms with E-state index in [0.717, 1.165) is 17.1 Å². The number of hydrogen-bond donors (Lipinski definition) is 0. The molecule has 0 spiro atoms. The molecule has 0 aliphatic rings. The predicted octanol–water partition coefficient (Wildman–Crippen LogP) is 1.75. The van der Waals surface area contributed by atoms with E-state index in [4.69, 9.17) is 0 Å². The first-order chi connectivity index (χ1) is 9.81. The molecule has 0 saturated carbocycles. The Morgan fingerprint density at radius 2 is 1.76 bits per heavy atom. The number of halogens is 1. The van der Waals surface area contributed by atoms with Gasteiger partial charge in [0.25, 0.3) is 11.5 Å². The fourth-order valence-corrected chi connectivity index (χ4v) is 1.84. The standard InChI is InChI=1S/C8H3BrN6O6/c9-5-3-12(11-7(5)15(20)21)8-6(14(18)19)1-4(2-10-8)13(16)17/h1-3H. The summed E-state index contributed by atoms with van der Waals surface area (Å²) in [5, 5.41) is 35.8. The highest BCUT2D eigenvalue weighted by Gasteiger charge is 2.28. The fraction of sp³-hybridized carbons (Fsp3) is 0. The average molecular weight is 359 g/mol. The van der Waals surface area contributed by atoms with E-state index in [1.54, 1.807) is 0 Å². The molecule has 0 atom stereocenters. The van der Waals surface area contributed by atoms with Crippen LogP contribution in [0.4, 0.5) is 17.2 Å². The summed E-state index contributed by atoms with van der Waals surface area (Å²) >= 11 is 2.88. The second-order valence-electron chi connectivity index (χ2n) is 3.55. The molecule has 2 aromatic rings. The molecule has 13 heteroatoms. The van der Waals surface area contributed by atoms with Crippen molar-refractivity contribution >= 4 is 33.1 Å². The molecule has 0 aromatic carbocycles. The van der Waals surface area contributed by atoms with Gasteiger partial charge in [-0.15, -0.1) is 4.68 Å². The normalized spacial score (nSPS) is 10.3. The molecular weight excluding hydrogens is 356 g/mol. The Labute approximate surface area is 122 Å². The Hall–Kier alpha value is -2.96. The van der Waals surface area contributed by atoms with E-state index in [2.05, 4.69) is 26.0 Å². The Morgan fingerprint density at radius 1 is 1.10 bits per heavy atom. The first-order valence-corrected chi connectivity index (χ1v) is 5.79. The van der Waals surface area contributed by atoms with Crippen LogP contribution in [-0.2, 0) is 0 Å². The zero-order valence-corrected chi connectivity index (χ0v) is 11.3. The molecule has 108 valence electrons. The summed E-state index contributed by atoms with van der Waals surface area (Å²) in [5.74, 6) is -0.941. The lowest BCUT2D eigenvalue weighted by molar-refractivity contribution is -0.394. The van der Waals surface area contributed by atoms with Gasteiger partial charge >= 0.3 is 11.5 Å². The monoisotopic (exact) mass is 358 g/mol. The molecule has 0 N–H and O–H groups in total. The van der Waals surface area contributed by atoms with E-state index < -0.39 is 32.0 Å². The van der Waals surface area contributed by atoms with Crippen molar-refractivity contribution in [2.24, 2.45) is 0 Å². The lowest BCUT2D eigenvalue weighted by Gasteiger charge is -1.98. The van der Waals surface area contributed by atoms with Crippen molar-refractivity contribution in [3.05, 3.63) is 53.3 Å². The summed E-state index contributed by atoms with van der Waals surface area (Å²) in [4.78, 5) is 33.3. The lowest BCUT2D eigenvalue weighted by atomic mass is 10.3. The molecule has 0 aliphatic carbocycles. The maximum atomic E-state index is 11.0. The summed E-state index contributed by atoms with van der Waals surface area (Å²) in [7, 11) is 0. The number of hydrogen-bond acceptors (Lipinski definition) is 8. The van der Waals surface area contributed by atoms with Crippen LogP contribution in [0.1, 0.15) is 0 Å². The van der Waals surface area contributed by atoms with E-state index >= 15 is 0 Å². The van der Waals surface area contributed by atoms with Crippen LogP contribution >= 0.6 is 15.9 Å². The molecular formula is C8H3BrN6O6. The van der Waals surface area contributed by atoms with Gasteiger partial charge in [-0.05, 0) is 20.9 Å². The van der Waals surface area contributed by atoms with Crippen LogP contribution in [0.2, 0.25) is 0 Å². The van der Waals surface area contributed by atoms with Crippen molar-refractivity contribution in [1.82, 2.24) is 14.8 Å². The quantitative estimate of drug-likeness (QED) is 0.589. The second-order valence-corrected chi connectivity index (χ2v) is 4.41. The maximum absolute atomic E-state index is 11.0. The van der Waals surface area contributed by atoms with Gasteiger partial charge in [0, 0.05) is 0 Å². The van der Waals surface area contributed by atoms with Crippen LogP contribution in [-0.4, -0.2) is 29.5 Å². The smallest absolute Gasteiger partial charge is 0.358 e. The molecule has 0 aliphatic heterocycles. The zero-order valence-electron chi connectivity index (χ0n) is 9.74. The average Bonchev–Trinajstić information content (AvgIpc) is 2.80. The van der Waals surface area contributed by atoms with Crippen molar-refractivity contribution in [3.63, 3.8) is 0 Å². The van der Waals surface area contributed by atoms with Gasteiger partial charge in [-0.3, -0.25) is 20.2 Å². The maximum Gasteiger partial charge on any atom is 0.404 e. The molecule has 0 radical (unpaired) electrons. The largest absolute Gasteiger partial charge is 0.404 e. The van der Waals surface area contributed by atoms with Gasteiger partial charge in [-0.1, -0.05) is 0 Å². The summed E-state index contributed by atoms with van der Waals surface area (Å²) in [6.07, 6.45) is 1.89. The van der Waals surface area contributed by atoms with Gasteiger partial charge in [0.15, 0.2) is 0 Å². The predicted molar refractivity (Wildman–Crippen MR) is 69.0 cm³/mol. The fourth-order valence-electron chi connectivity index (χ4n) is 1.42.